The van der Waals surface area contributed by atoms with Crippen molar-refractivity contribution in [1.29, 1.82) is 0 Å². The monoisotopic (exact) mass is 581 g/mol. The van der Waals surface area contributed by atoms with Crippen molar-refractivity contribution < 1.29 is 40.3 Å². The summed E-state index contributed by atoms with van der Waals surface area (Å²) in [6.45, 7) is 0.163. The standard InChI is InChI=1S/C25H18F7N7O2/c1-10-12(23(40)37-18-8-38(7-17(18)29)24(41)20-15(27)5-34-6-16(20)28)2-11(3-14(10)26)19-4-13(25(30,31)32)21-22(33)35-9-36-39(19)21/h2-6,9,17-18H,7-8H2,1H3,(H,37,40)(H2,33,35,36)/t17-,18+/m0/s1. The molecule has 0 saturated carbocycles. The van der Waals surface area contributed by atoms with E-state index in [9.17, 15) is 40.3 Å². The number of pyridine rings is 1. The van der Waals surface area contributed by atoms with Gasteiger partial charge in [-0.25, -0.2) is 27.1 Å². The summed E-state index contributed by atoms with van der Waals surface area (Å²) in [7, 11) is 0. The Bertz CT molecular complexity index is 1690. The van der Waals surface area contributed by atoms with Gasteiger partial charge < -0.3 is 16.0 Å². The van der Waals surface area contributed by atoms with Gasteiger partial charge in [0, 0.05) is 17.7 Å². The normalized spacial score (nSPS) is 17.3. The van der Waals surface area contributed by atoms with Crippen LogP contribution in [0.3, 0.4) is 0 Å². The minimum Gasteiger partial charge on any atom is -0.382 e. The van der Waals surface area contributed by atoms with E-state index in [2.05, 4.69) is 20.4 Å². The summed E-state index contributed by atoms with van der Waals surface area (Å²) in [6, 6.07) is 1.34. The van der Waals surface area contributed by atoms with Crippen molar-refractivity contribution >= 4 is 23.1 Å². The SMILES string of the molecule is Cc1c(F)cc(-c2cc(C(F)(F)F)c3c(N)ncnn23)cc1C(=O)N[C@@H]1CN(C(=O)c2c(F)cncc2F)C[C@@H]1F. The maximum atomic E-state index is 15.0. The Kier molecular flexibility index (Phi) is 6.79. The van der Waals surface area contributed by atoms with E-state index in [1.165, 1.54) is 6.92 Å². The van der Waals surface area contributed by atoms with E-state index in [4.69, 9.17) is 5.73 Å². The number of alkyl halides is 4. The predicted molar refractivity (Wildman–Crippen MR) is 129 cm³/mol. The molecule has 0 unspecified atom stereocenters. The third kappa shape index (κ3) is 4.89. The lowest BCUT2D eigenvalue weighted by atomic mass is 10.0. The second kappa shape index (κ2) is 10.0. The molecule has 1 fully saturated rings. The first-order valence-electron chi connectivity index (χ1n) is 11.8. The van der Waals surface area contributed by atoms with E-state index < -0.39 is 83.2 Å². The molecule has 3 aromatic heterocycles. The fourth-order valence-corrected chi connectivity index (χ4v) is 4.64. The van der Waals surface area contributed by atoms with Gasteiger partial charge in [0.15, 0.2) is 17.5 Å². The maximum Gasteiger partial charge on any atom is 0.418 e. The third-order valence-corrected chi connectivity index (χ3v) is 6.69. The number of nitrogens with one attached hydrogen (secondary N) is 1. The van der Waals surface area contributed by atoms with Crippen molar-refractivity contribution in [2.75, 3.05) is 18.8 Å². The van der Waals surface area contributed by atoms with Crippen LogP contribution < -0.4 is 11.1 Å². The number of carbonyl (C=O) groups excluding carboxylic acids is 2. The molecule has 214 valence electrons. The Labute approximate surface area is 225 Å². The molecule has 0 spiro atoms. The van der Waals surface area contributed by atoms with E-state index in [-0.39, 0.29) is 22.4 Å². The first-order chi connectivity index (χ1) is 19.3. The molecule has 2 amide bonds. The molecular formula is C25H18F7N7O2. The van der Waals surface area contributed by atoms with Gasteiger partial charge in [-0.3, -0.25) is 14.6 Å². The van der Waals surface area contributed by atoms with Crippen LogP contribution in [0.1, 0.15) is 31.8 Å². The number of halogens is 7. The van der Waals surface area contributed by atoms with Crippen LogP contribution in [-0.2, 0) is 6.18 Å². The number of benzene rings is 1. The van der Waals surface area contributed by atoms with Crippen LogP contribution in [0.2, 0.25) is 0 Å². The maximum absolute atomic E-state index is 15.0. The van der Waals surface area contributed by atoms with E-state index in [0.717, 1.165) is 27.9 Å². The molecule has 5 rings (SSSR count). The van der Waals surface area contributed by atoms with Gasteiger partial charge in [-0.15, -0.1) is 0 Å². The summed E-state index contributed by atoms with van der Waals surface area (Å²) in [6.07, 6.45) is -4.57. The van der Waals surface area contributed by atoms with Gasteiger partial charge in [-0.1, -0.05) is 0 Å². The van der Waals surface area contributed by atoms with Crippen molar-refractivity contribution in [2.45, 2.75) is 25.3 Å². The fraction of sp³-hybridized carbons (Fsp3) is 0.240. The highest BCUT2D eigenvalue weighted by atomic mass is 19.4. The summed E-state index contributed by atoms with van der Waals surface area (Å²) < 4.78 is 99.7. The van der Waals surface area contributed by atoms with Crippen LogP contribution >= 0.6 is 0 Å². The van der Waals surface area contributed by atoms with E-state index in [0.29, 0.717) is 18.5 Å². The van der Waals surface area contributed by atoms with Crippen LogP contribution in [0.15, 0.2) is 36.9 Å². The highest BCUT2D eigenvalue weighted by Gasteiger charge is 2.39. The number of amides is 2. The largest absolute Gasteiger partial charge is 0.418 e. The lowest BCUT2D eigenvalue weighted by Crippen LogP contribution is -2.42. The van der Waals surface area contributed by atoms with E-state index in [1.807, 2.05) is 0 Å². The van der Waals surface area contributed by atoms with Crippen molar-refractivity contribution in [3.8, 4) is 11.3 Å². The van der Waals surface area contributed by atoms with Crippen molar-refractivity contribution in [3.05, 3.63) is 76.6 Å². The van der Waals surface area contributed by atoms with Crippen molar-refractivity contribution in [2.24, 2.45) is 0 Å². The number of nitrogens with two attached hydrogens (primary N) is 1. The van der Waals surface area contributed by atoms with Crippen LogP contribution in [0.25, 0.3) is 16.8 Å². The minimum absolute atomic E-state index is 0.175. The molecule has 1 aliphatic rings. The molecule has 9 nitrogen and oxygen atoms in total. The molecule has 41 heavy (non-hydrogen) atoms. The molecule has 1 saturated heterocycles. The first kappa shape index (κ1) is 27.8. The molecule has 0 radical (unpaired) electrons. The Hall–Kier alpha value is -4.76. The molecule has 16 heteroatoms. The number of carbonyl (C=O) groups is 2. The number of anilines is 1. The van der Waals surface area contributed by atoms with Crippen LogP contribution in [0.5, 0.6) is 0 Å². The smallest absolute Gasteiger partial charge is 0.382 e. The van der Waals surface area contributed by atoms with E-state index >= 15 is 0 Å². The number of nitrogen functional groups attached to an aromatic ring is 1. The van der Waals surface area contributed by atoms with Crippen molar-refractivity contribution in [1.82, 2.24) is 29.8 Å². The Morgan fingerprint density at radius 1 is 1.05 bits per heavy atom. The van der Waals surface area contributed by atoms with Crippen LogP contribution in [-0.4, -0.2) is 61.6 Å². The summed E-state index contributed by atoms with van der Waals surface area (Å²) in [4.78, 5) is 33.4. The van der Waals surface area contributed by atoms with Gasteiger partial charge in [0.05, 0.1) is 36.2 Å². The Morgan fingerprint density at radius 2 is 1.73 bits per heavy atom. The number of likely N-dealkylation sites (tertiary alicyclic amines) is 1. The molecular weight excluding hydrogens is 563 g/mol. The number of rotatable bonds is 4. The Morgan fingerprint density at radius 3 is 2.39 bits per heavy atom. The number of fused-ring (bicyclic) bond motifs is 1. The second-order valence-electron chi connectivity index (χ2n) is 9.26. The van der Waals surface area contributed by atoms with Crippen LogP contribution in [0.4, 0.5) is 36.6 Å². The second-order valence-corrected chi connectivity index (χ2v) is 9.26. The molecule has 1 aliphatic heterocycles. The topological polar surface area (TPSA) is 119 Å². The average Bonchev–Trinajstić information content (AvgIpc) is 3.47. The summed E-state index contributed by atoms with van der Waals surface area (Å²) in [5.74, 6) is -6.10. The third-order valence-electron chi connectivity index (χ3n) is 6.69. The first-order valence-corrected chi connectivity index (χ1v) is 11.8. The van der Waals surface area contributed by atoms with Gasteiger partial charge in [-0.2, -0.15) is 18.3 Å². The van der Waals surface area contributed by atoms with Crippen LogP contribution in [0, 0.1) is 24.4 Å². The number of hydrogen-bond donors (Lipinski definition) is 2. The molecule has 4 heterocycles. The average molecular weight is 581 g/mol. The number of nitrogens with zero attached hydrogens (tertiary/aromatic N) is 5. The van der Waals surface area contributed by atoms with Gasteiger partial charge in [0.2, 0.25) is 0 Å². The lowest BCUT2D eigenvalue weighted by Gasteiger charge is -2.18. The predicted octanol–water partition coefficient (Wildman–Crippen LogP) is 3.71. The molecule has 2 atom stereocenters. The highest BCUT2D eigenvalue weighted by Crippen LogP contribution is 2.39. The summed E-state index contributed by atoms with van der Waals surface area (Å²) in [5.41, 5.74) is 1.99. The molecule has 1 aromatic carbocycles. The quantitative estimate of drug-likeness (QED) is 0.355. The zero-order chi connectivity index (χ0) is 29.8. The lowest BCUT2D eigenvalue weighted by molar-refractivity contribution is -0.136. The number of hydrogen-bond acceptors (Lipinski definition) is 6. The van der Waals surface area contributed by atoms with Gasteiger partial charge >= 0.3 is 6.18 Å². The van der Waals surface area contributed by atoms with Gasteiger partial charge in [-0.05, 0) is 30.7 Å². The highest BCUT2D eigenvalue weighted by molar-refractivity contribution is 5.98. The molecule has 3 N–H and O–H groups in total. The fourth-order valence-electron chi connectivity index (χ4n) is 4.64. The summed E-state index contributed by atoms with van der Waals surface area (Å²) in [5, 5.41) is 6.12. The Balaban J connectivity index is 1.45. The van der Waals surface area contributed by atoms with Crippen molar-refractivity contribution in [3.63, 3.8) is 0 Å². The molecule has 0 bridgehead atoms. The minimum atomic E-state index is -4.87. The number of aromatic nitrogens is 4. The molecule has 4 aromatic rings. The zero-order valence-corrected chi connectivity index (χ0v) is 20.8. The summed E-state index contributed by atoms with van der Waals surface area (Å²) >= 11 is 0. The van der Waals surface area contributed by atoms with Gasteiger partial charge in [0.25, 0.3) is 11.8 Å². The zero-order valence-electron chi connectivity index (χ0n) is 20.8. The molecule has 0 aliphatic carbocycles. The van der Waals surface area contributed by atoms with E-state index in [1.54, 1.807) is 0 Å². The van der Waals surface area contributed by atoms with Gasteiger partial charge in [0.1, 0.15) is 29.4 Å².